The van der Waals surface area contributed by atoms with Crippen LogP contribution in [0.1, 0.15) is 11.1 Å². The summed E-state index contributed by atoms with van der Waals surface area (Å²) in [5.74, 6) is 0.984. The Labute approximate surface area is 89.3 Å². The minimum Gasteiger partial charge on any atom is -0.496 e. The summed E-state index contributed by atoms with van der Waals surface area (Å²) in [7, 11) is 1.73. The topological polar surface area (TPSA) is 9.23 Å². The monoisotopic (exact) mass is 202 g/mol. The average molecular weight is 202 g/mol. The van der Waals surface area contributed by atoms with Crippen LogP contribution in [-0.2, 0) is 6.42 Å². The summed E-state index contributed by atoms with van der Waals surface area (Å²) in [5, 5.41) is 0. The Kier molecular flexibility index (Phi) is 1.78. The predicted molar refractivity (Wildman–Crippen MR) is 61.2 cm³/mol. The van der Waals surface area contributed by atoms with Crippen molar-refractivity contribution >= 4 is 0 Å². The number of hydrogen-bond acceptors (Lipinski definition) is 1. The van der Waals surface area contributed by atoms with Gasteiger partial charge in [-0.25, -0.2) is 0 Å². The molecule has 0 radical (unpaired) electrons. The van der Waals surface area contributed by atoms with Gasteiger partial charge in [-0.3, -0.25) is 0 Å². The number of benzene rings is 2. The maximum absolute atomic E-state index is 5.41. The lowest BCUT2D eigenvalue weighted by Crippen LogP contribution is -1.87. The molecule has 0 saturated heterocycles. The van der Waals surface area contributed by atoms with E-state index < -0.39 is 0 Å². The van der Waals surface area contributed by atoms with Crippen LogP contribution < -0.4 is 4.74 Å². The molecular weight excluding hydrogens is 190 g/mol. The van der Waals surface area contributed by atoms with E-state index in [0.717, 1.165) is 12.2 Å². The third kappa shape index (κ3) is 1.16. The normalized spacial score (nSPS) is 12.1. The van der Waals surface area contributed by atoms with E-state index in [0.29, 0.717) is 0 Å². The van der Waals surface area contributed by atoms with Crippen LogP contribution >= 0.6 is 0 Å². The molecule has 0 bridgehead atoms. The Balaban J connectivity index is 2.30. The van der Waals surface area contributed by atoms with Crippen LogP contribution in [0.5, 0.6) is 5.75 Å². The molecule has 0 N–H and O–H groups in total. The SMILES string of the molecule is COc1cccc2c1-[13c]1[13cH][13cH][13cH][13cH][13c]1C2. The molecule has 0 unspecified atom stereocenters. The maximum Gasteiger partial charge on any atom is 0.126 e. The molecule has 0 fully saturated rings. The predicted octanol–water partition coefficient (Wildman–Crippen LogP) is 3.27. The van der Waals surface area contributed by atoms with E-state index in [1.165, 1.54) is 22.3 Å². The lowest BCUT2D eigenvalue weighted by Gasteiger charge is -2.07. The van der Waals surface area contributed by atoms with E-state index in [1.54, 1.807) is 7.11 Å². The van der Waals surface area contributed by atoms with Gasteiger partial charge >= 0.3 is 0 Å². The van der Waals surface area contributed by atoms with Gasteiger partial charge in [-0.2, -0.15) is 0 Å². The molecule has 74 valence electrons. The van der Waals surface area contributed by atoms with Crippen molar-refractivity contribution in [3.63, 3.8) is 0 Å². The number of hydrogen-bond donors (Lipinski definition) is 0. The highest BCUT2D eigenvalue weighted by Crippen LogP contribution is 2.41. The third-order valence-electron chi connectivity index (χ3n) is 3.00. The second kappa shape index (κ2) is 3.13. The van der Waals surface area contributed by atoms with Crippen molar-refractivity contribution < 1.29 is 4.74 Å². The van der Waals surface area contributed by atoms with E-state index in [9.17, 15) is 0 Å². The molecule has 0 amide bonds. The minimum atomic E-state index is 0.984. The molecule has 1 nitrogen and oxygen atoms in total. The van der Waals surface area contributed by atoms with Crippen LogP contribution in [0.3, 0.4) is 0 Å². The molecule has 0 aromatic heterocycles. The Hall–Kier alpha value is -1.76. The number of rotatable bonds is 1. The highest BCUT2D eigenvalue weighted by Gasteiger charge is 2.20. The molecule has 2 aromatic carbocycles. The zero-order chi connectivity index (χ0) is 10.3. The Morgan fingerprint density at radius 3 is 2.60 bits per heavy atom. The van der Waals surface area contributed by atoms with Gasteiger partial charge in [0.25, 0.3) is 0 Å². The van der Waals surface area contributed by atoms with E-state index in [4.69, 9.17) is 4.74 Å². The number of fused-ring (bicyclic) bond motifs is 3. The van der Waals surface area contributed by atoms with Crippen LogP contribution in [0.2, 0.25) is 0 Å². The molecule has 15 heavy (non-hydrogen) atoms. The van der Waals surface area contributed by atoms with Gasteiger partial charge in [-0.05, 0) is 29.2 Å². The zero-order valence-corrected chi connectivity index (χ0v) is 8.66. The molecule has 0 atom stereocenters. The van der Waals surface area contributed by atoms with Gasteiger partial charge in [0.2, 0.25) is 0 Å². The average Bonchev–Trinajstić information content (AvgIpc) is 2.67. The van der Waals surface area contributed by atoms with Gasteiger partial charge in [-0.15, -0.1) is 0 Å². The first-order valence-corrected chi connectivity index (χ1v) is 5.14. The summed E-state index contributed by atoms with van der Waals surface area (Å²) in [4.78, 5) is 0. The molecular formula is C14H12O. The fourth-order valence-corrected chi connectivity index (χ4v) is 2.32. The van der Waals surface area contributed by atoms with E-state index in [2.05, 4.69) is 36.4 Å². The Bertz CT molecular complexity index is 514. The second-order valence-electron chi connectivity index (χ2n) is 3.83. The van der Waals surface area contributed by atoms with Gasteiger partial charge in [-0.1, -0.05) is 36.4 Å². The largest absolute Gasteiger partial charge is 0.496 e. The van der Waals surface area contributed by atoms with Crippen molar-refractivity contribution in [3.05, 3.63) is 53.6 Å². The Morgan fingerprint density at radius 2 is 1.73 bits per heavy atom. The summed E-state index contributed by atoms with van der Waals surface area (Å²) in [6.07, 6.45) is 1.03. The quantitative estimate of drug-likeness (QED) is 0.588. The number of methoxy groups -OCH3 is 1. The van der Waals surface area contributed by atoms with E-state index in [1.807, 2.05) is 6.07 Å². The van der Waals surface area contributed by atoms with Gasteiger partial charge < -0.3 is 4.74 Å². The second-order valence-corrected chi connectivity index (χ2v) is 3.83. The zero-order valence-electron chi connectivity index (χ0n) is 8.66. The third-order valence-corrected chi connectivity index (χ3v) is 3.00. The summed E-state index contributed by atoms with van der Waals surface area (Å²) in [5.41, 5.74) is 5.37. The molecule has 1 aliphatic carbocycles. The summed E-state index contributed by atoms with van der Waals surface area (Å²) in [6, 6.07) is 14.8. The first kappa shape index (κ1) is 8.54. The van der Waals surface area contributed by atoms with E-state index in [-0.39, 0.29) is 0 Å². The first-order valence-electron chi connectivity index (χ1n) is 5.14. The lowest BCUT2D eigenvalue weighted by molar-refractivity contribution is 0.416. The van der Waals surface area contributed by atoms with E-state index >= 15 is 0 Å². The summed E-state index contributed by atoms with van der Waals surface area (Å²) in [6.45, 7) is 0. The molecule has 3 rings (SSSR count). The summed E-state index contributed by atoms with van der Waals surface area (Å²) < 4.78 is 5.41. The Morgan fingerprint density at radius 1 is 0.933 bits per heavy atom. The van der Waals surface area contributed by atoms with Gasteiger partial charge in [0.1, 0.15) is 5.75 Å². The summed E-state index contributed by atoms with van der Waals surface area (Å²) >= 11 is 0. The fourth-order valence-electron chi connectivity index (χ4n) is 2.32. The molecule has 0 saturated carbocycles. The minimum absolute atomic E-state index is 0.984. The molecule has 0 spiro atoms. The number of ether oxygens (including phenoxy) is 1. The highest BCUT2D eigenvalue weighted by atomic mass is 16.5. The van der Waals surface area contributed by atoms with Crippen LogP contribution in [0.25, 0.3) is 11.1 Å². The molecule has 1 heteroatoms. The standard InChI is InChI=1S/C14H12O/c1-15-13-8-4-6-11-9-10-5-2-3-7-12(10)14(11)13/h2-8H,9H2,1H3/i2+1,3+1,5+1,7+1,10+1,12+1. The van der Waals surface area contributed by atoms with Gasteiger partial charge in [0.05, 0.1) is 7.11 Å². The highest BCUT2D eigenvalue weighted by molar-refractivity contribution is 5.81. The van der Waals surface area contributed by atoms with Gasteiger partial charge in [0.15, 0.2) is 0 Å². The smallest absolute Gasteiger partial charge is 0.126 e. The van der Waals surface area contributed by atoms with Crippen molar-refractivity contribution in [2.75, 3.05) is 7.11 Å². The fraction of sp³-hybridized carbons (Fsp3) is 0.143. The molecule has 2 aromatic rings. The molecule has 0 heterocycles. The van der Waals surface area contributed by atoms with Crippen LogP contribution in [0.15, 0.2) is 42.5 Å². The first-order chi connectivity index (χ1) is 7.40. The molecule has 1 aliphatic rings. The van der Waals surface area contributed by atoms with Crippen molar-refractivity contribution in [1.82, 2.24) is 0 Å². The van der Waals surface area contributed by atoms with Crippen molar-refractivity contribution in [2.24, 2.45) is 0 Å². The van der Waals surface area contributed by atoms with Crippen molar-refractivity contribution in [1.29, 1.82) is 0 Å². The van der Waals surface area contributed by atoms with Crippen molar-refractivity contribution in [3.8, 4) is 16.9 Å². The lowest BCUT2D eigenvalue weighted by atomic mass is 10.1. The maximum atomic E-state index is 5.41. The van der Waals surface area contributed by atoms with Crippen LogP contribution in [0.4, 0.5) is 0 Å². The van der Waals surface area contributed by atoms with Gasteiger partial charge in [0, 0.05) is 5.56 Å². The van der Waals surface area contributed by atoms with Crippen LogP contribution in [0, 0.1) is 0 Å². The van der Waals surface area contributed by atoms with Crippen molar-refractivity contribution in [2.45, 2.75) is 6.42 Å². The molecule has 0 aliphatic heterocycles. The van der Waals surface area contributed by atoms with Crippen LogP contribution in [-0.4, -0.2) is 7.11 Å².